The molecule has 1 saturated heterocycles. The van der Waals surface area contributed by atoms with Crippen LogP contribution in [0.4, 0.5) is 4.39 Å². The maximum atomic E-state index is 13.8. The van der Waals surface area contributed by atoms with E-state index in [-0.39, 0.29) is 35.6 Å². The number of carbonyl (C=O) groups is 2. The van der Waals surface area contributed by atoms with Gasteiger partial charge in [0.25, 0.3) is 5.91 Å². The molecule has 10 heteroatoms. The maximum absolute atomic E-state index is 13.8. The monoisotopic (exact) mass is 439 g/mol. The number of aliphatic hydroxyl groups is 1. The number of aryl methyl sites for hydroxylation is 1. The van der Waals surface area contributed by atoms with E-state index in [4.69, 9.17) is 21.0 Å². The minimum atomic E-state index is -0.979. The van der Waals surface area contributed by atoms with Crippen molar-refractivity contribution in [1.82, 2.24) is 15.5 Å². The lowest BCUT2D eigenvalue weighted by Crippen LogP contribution is -2.48. The average molecular weight is 440 g/mol. The number of hydroxylamine groups is 1. The fourth-order valence-corrected chi connectivity index (χ4v) is 3.64. The van der Waals surface area contributed by atoms with Gasteiger partial charge in [0.1, 0.15) is 17.7 Å². The van der Waals surface area contributed by atoms with E-state index >= 15 is 0 Å². The van der Waals surface area contributed by atoms with Crippen molar-refractivity contribution in [2.75, 3.05) is 6.54 Å². The molecule has 3 atom stereocenters. The van der Waals surface area contributed by atoms with Crippen LogP contribution in [-0.2, 0) is 9.59 Å². The van der Waals surface area contributed by atoms with Crippen molar-refractivity contribution in [3.63, 3.8) is 0 Å². The number of rotatable bonds is 6. The zero-order valence-corrected chi connectivity index (χ0v) is 17.5. The van der Waals surface area contributed by atoms with E-state index in [1.54, 1.807) is 13.0 Å². The van der Waals surface area contributed by atoms with E-state index in [1.807, 2.05) is 13.8 Å². The average Bonchev–Trinajstić information content (AvgIpc) is 3.26. The largest absolute Gasteiger partial charge is 0.391 e. The summed E-state index contributed by atoms with van der Waals surface area (Å²) in [5.41, 5.74) is 2.79. The number of nitrogens with zero attached hydrogens (tertiary/aromatic N) is 2. The van der Waals surface area contributed by atoms with Gasteiger partial charge in [-0.2, -0.15) is 5.48 Å². The van der Waals surface area contributed by atoms with Gasteiger partial charge in [0, 0.05) is 24.1 Å². The van der Waals surface area contributed by atoms with Gasteiger partial charge in [0.2, 0.25) is 5.91 Å². The number of hydrogen-bond donors (Lipinski definition) is 2. The van der Waals surface area contributed by atoms with Crippen LogP contribution in [-0.4, -0.2) is 45.7 Å². The van der Waals surface area contributed by atoms with E-state index in [1.165, 1.54) is 17.0 Å². The van der Waals surface area contributed by atoms with Gasteiger partial charge in [0.15, 0.2) is 11.6 Å². The van der Waals surface area contributed by atoms with Crippen molar-refractivity contribution in [3.8, 4) is 5.75 Å². The van der Waals surface area contributed by atoms with Gasteiger partial charge in [-0.3, -0.25) is 9.59 Å². The minimum absolute atomic E-state index is 0.0113. The summed E-state index contributed by atoms with van der Waals surface area (Å²) in [7, 11) is 0. The number of aromatic nitrogens is 1. The minimum Gasteiger partial charge on any atom is -0.391 e. The Kier molecular flexibility index (Phi) is 6.62. The topological polar surface area (TPSA) is 105 Å². The van der Waals surface area contributed by atoms with Crippen molar-refractivity contribution < 1.29 is 28.4 Å². The lowest BCUT2D eigenvalue weighted by molar-refractivity contribution is -0.143. The highest BCUT2D eigenvalue weighted by atomic mass is 35.5. The Morgan fingerprint density at radius 3 is 2.73 bits per heavy atom. The summed E-state index contributed by atoms with van der Waals surface area (Å²) in [6.07, 6.45) is -0.842. The Hall–Kier alpha value is -2.65. The molecular formula is C20H23ClFN3O5. The molecule has 2 amide bonds. The van der Waals surface area contributed by atoms with Crippen LogP contribution in [0.1, 0.15) is 37.6 Å². The van der Waals surface area contributed by atoms with Crippen molar-refractivity contribution in [3.05, 3.63) is 46.6 Å². The van der Waals surface area contributed by atoms with Crippen LogP contribution in [0.3, 0.4) is 0 Å². The SMILES string of the molecule is Cc1cc(C(C(=O)N2CC(O)CC2C(=O)NOc2ccc(Cl)cc2F)C(C)C)on1. The summed E-state index contributed by atoms with van der Waals surface area (Å²) in [6.45, 7) is 5.45. The number of halogens is 2. The van der Waals surface area contributed by atoms with Gasteiger partial charge in [-0.15, -0.1) is 0 Å². The molecule has 0 spiro atoms. The summed E-state index contributed by atoms with van der Waals surface area (Å²) in [6, 6.07) is 4.42. The van der Waals surface area contributed by atoms with Crippen molar-refractivity contribution >= 4 is 23.4 Å². The van der Waals surface area contributed by atoms with Crippen molar-refractivity contribution in [1.29, 1.82) is 0 Å². The number of β-amino-alcohol motifs (C(OH)–C–C–N with tert-alkyl or cyclic N) is 1. The van der Waals surface area contributed by atoms with Crippen LogP contribution < -0.4 is 10.3 Å². The molecule has 0 saturated carbocycles. The molecule has 0 radical (unpaired) electrons. The number of hydrogen-bond acceptors (Lipinski definition) is 6. The molecular weight excluding hydrogens is 417 g/mol. The van der Waals surface area contributed by atoms with Crippen LogP contribution in [0.2, 0.25) is 5.02 Å². The number of aliphatic hydroxyl groups excluding tert-OH is 1. The zero-order chi connectivity index (χ0) is 22.0. The predicted octanol–water partition coefficient (Wildman–Crippen LogP) is 2.59. The summed E-state index contributed by atoms with van der Waals surface area (Å²) in [5, 5.41) is 14.1. The molecule has 1 aromatic heterocycles. The third kappa shape index (κ3) is 4.73. The van der Waals surface area contributed by atoms with Crippen molar-refractivity contribution in [2.45, 2.75) is 45.3 Å². The lowest BCUT2D eigenvalue weighted by atomic mass is 9.91. The quantitative estimate of drug-likeness (QED) is 0.670. The molecule has 1 aromatic carbocycles. The molecule has 1 aliphatic heterocycles. The van der Waals surface area contributed by atoms with Crippen molar-refractivity contribution in [2.24, 2.45) is 5.92 Å². The number of carbonyl (C=O) groups excluding carboxylic acids is 2. The number of benzene rings is 1. The van der Waals surface area contributed by atoms with Gasteiger partial charge in [0.05, 0.1) is 11.8 Å². The standard InChI is InChI=1S/C20H23ClFN3O5/c1-10(2)18(17-6-11(3)23-30-17)20(28)25-9-13(26)8-15(25)19(27)24-29-16-5-4-12(21)7-14(16)22/h4-7,10,13,15,18,26H,8-9H2,1-3H3,(H,24,27). The van der Waals surface area contributed by atoms with Crippen LogP contribution in [0.5, 0.6) is 5.75 Å². The second kappa shape index (κ2) is 9.01. The highest BCUT2D eigenvalue weighted by Crippen LogP contribution is 2.31. The van der Waals surface area contributed by atoms with Crippen LogP contribution in [0.25, 0.3) is 0 Å². The molecule has 1 aliphatic rings. The summed E-state index contributed by atoms with van der Waals surface area (Å²) < 4.78 is 19.1. The Balaban J connectivity index is 1.75. The van der Waals surface area contributed by atoms with Crippen LogP contribution >= 0.6 is 11.6 Å². The van der Waals surface area contributed by atoms with Gasteiger partial charge < -0.3 is 19.4 Å². The number of likely N-dealkylation sites (tertiary alicyclic amines) is 1. The molecule has 8 nitrogen and oxygen atoms in total. The molecule has 3 unspecified atom stereocenters. The first-order chi connectivity index (χ1) is 14.2. The highest BCUT2D eigenvalue weighted by molar-refractivity contribution is 6.30. The third-order valence-electron chi connectivity index (χ3n) is 4.91. The zero-order valence-electron chi connectivity index (χ0n) is 16.8. The van der Waals surface area contributed by atoms with Gasteiger partial charge in [-0.25, -0.2) is 4.39 Å². The van der Waals surface area contributed by atoms with Gasteiger partial charge in [-0.05, 0) is 31.0 Å². The molecule has 3 rings (SSSR count). The summed E-state index contributed by atoms with van der Waals surface area (Å²) in [5.74, 6) is -2.41. The molecule has 0 bridgehead atoms. The second-order valence-electron chi connectivity index (χ2n) is 7.63. The molecule has 2 heterocycles. The Morgan fingerprint density at radius 1 is 1.40 bits per heavy atom. The van der Waals surface area contributed by atoms with Crippen LogP contribution in [0, 0.1) is 18.7 Å². The first-order valence-corrected chi connectivity index (χ1v) is 9.88. The van der Waals surface area contributed by atoms with Gasteiger partial charge >= 0.3 is 0 Å². The Bertz CT molecular complexity index is 935. The van der Waals surface area contributed by atoms with Gasteiger partial charge in [-0.1, -0.05) is 30.6 Å². The van der Waals surface area contributed by atoms with E-state index < -0.39 is 29.8 Å². The van der Waals surface area contributed by atoms with E-state index in [0.717, 1.165) is 6.07 Å². The fourth-order valence-electron chi connectivity index (χ4n) is 3.48. The first-order valence-electron chi connectivity index (χ1n) is 9.51. The Morgan fingerprint density at radius 2 is 2.13 bits per heavy atom. The normalized spacial score (nSPS) is 19.8. The van der Waals surface area contributed by atoms with Crippen LogP contribution in [0.15, 0.2) is 28.8 Å². The molecule has 30 heavy (non-hydrogen) atoms. The molecule has 162 valence electrons. The Labute approximate surface area is 177 Å². The number of nitrogens with one attached hydrogen (secondary N) is 1. The summed E-state index contributed by atoms with van der Waals surface area (Å²) in [4.78, 5) is 32.3. The van der Waals surface area contributed by atoms with E-state index in [2.05, 4.69) is 10.6 Å². The first kappa shape index (κ1) is 22.0. The third-order valence-corrected chi connectivity index (χ3v) is 5.14. The molecule has 2 N–H and O–H groups in total. The van der Waals surface area contributed by atoms with E-state index in [0.29, 0.717) is 11.5 Å². The summed E-state index contributed by atoms with van der Waals surface area (Å²) >= 11 is 5.69. The smallest absolute Gasteiger partial charge is 0.275 e. The predicted molar refractivity (Wildman–Crippen MR) is 105 cm³/mol. The highest BCUT2D eigenvalue weighted by Gasteiger charge is 2.43. The lowest BCUT2D eigenvalue weighted by Gasteiger charge is -2.28. The maximum Gasteiger partial charge on any atom is 0.275 e. The molecule has 2 aromatic rings. The number of amides is 2. The molecule has 1 fully saturated rings. The van der Waals surface area contributed by atoms with E-state index in [9.17, 15) is 19.1 Å². The second-order valence-corrected chi connectivity index (χ2v) is 8.07. The molecule has 0 aliphatic carbocycles. The fraction of sp³-hybridized carbons (Fsp3) is 0.450.